The molecule has 0 aromatic heterocycles. The van der Waals surface area contributed by atoms with Crippen LogP contribution in [0.2, 0.25) is 0 Å². The molecule has 2 aromatic rings. The van der Waals surface area contributed by atoms with Crippen LogP contribution < -0.4 is 4.74 Å². The lowest BCUT2D eigenvalue weighted by Crippen LogP contribution is -2.45. The van der Waals surface area contributed by atoms with E-state index in [4.69, 9.17) is 4.74 Å². The summed E-state index contributed by atoms with van der Waals surface area (Å²) in [5.41, 5.74) is -4.79. The zero-order valence-electron chi connectivity index (χ0n) is 16.9. The summed E-state index contributed by atoms with van der Waals surface area (Å²) in [7, 11) is -3.75. The SMILES string of the molecule is COc1cccc2c1C(=O)c1c(O)c3c(c(O)c1C2=O)C[C@@](O)(C(C)=O)C[C@H]3S(=O)(=O)O. The van der Waals surface area contributed by atoms with Gasteiger partial charge < -0.3 is 20.1 Å². The molecule has 0 bridgehead atoms. The van der Waals surface area contributed by atoms with Crippen molar-refractivity contribution in [2.24, 2.45) is 0 Å². The van der Waals surface area contributed by atoms with Crippen LogP contribution in [0.1, 0.15) is 61.6 Å². The molecule has 10 nitrogen and oxygen atoms in total. The number of carbonyl (C=O) groups excluding carboxylic acids is 3. The van der Waals surface area contributed by atoms with Crippen molar-refractivity contribution in [1.29, 1.82) is 0 Å². The molecule has 4 rings (SSSR count). The van der Waals surface area contributed by atoms with E-state index in [1.165, 1.54) is 25.3 Å². The average molecular weight is 462 g/mol. The summed E-state index contributed by atoms with van der Waals surface area (Å²) in [4.78, 5) is 38.5. The summed E-state index contributed by atoms with van der Waals surface area (Å²) in [6.07, 6.45) is -1.45. The Morgan fingerprint density at radius 1 is 1.09 bits per heavy atom. The predicted octanol–water partition coefficient (Wildman–Crippen LogP) is 1.08. The van der Waals surface area contributed by atoms with E-state index in [-0.39, 0.29) is 16.9 Å². The van der Waals surface area contributed by atoms with Gasteiger partial charge in [-0.2, -0.15) is 8.42 Å². The third-order valence-corrected chi connectivity index (χ3v) is 7.21. The monoisotopic (exact) mass is 462 g/mol. The van der Waals surface area contributed by atoms with E-state index >= 15 is 0 Å². The number of hydrogen-bond donors (Lipinski definition) is 4. The quantitative estimate of drug-likeness (QED) is 0.325. The van der Waals surface area contributed by atoms with Gasteiger partial charge in [0, 0.05) is 29.5 Å². The van der Waals surface area contributed by atoms with Crippen molar-refractivity contribution < 1.29 is 47.4 Å². The topological polar surface area (TPSA) is 176 Å². The molecule has 2 aromatic carbocycles. The fraction of sp³-hybridized carbons (Fsp3) is 0.286. The van der Waals surface area contributed by atoms with Crippen molar-refractivity contribution >= 4 is 27.5 Å². The Balaban J connectivity index is 2.11. The molecule has 0 saturated carbocycles. The average Bonchev–Trinajstić information content (AvgIpc) is 2.72. The lowest BCUT2D eigenvalue weighted by Gasteiger charge is -2.37. The van der Waals surface area contributed by atoms with Gasteiger partial charge in [-0.25, -0.2) is 0 Å². The molecule has 168 valence electrons. The van der Waals surface area contributed by atoms with E-state index in [1.54, 1.807) is 0 Å². The number of hydrogen-bond acceptors (Lipinski definition) is 9. The van der Waals surface area contributed by atoms with Gasteiger partial charge in [0.2, 0.25) is 5.78 Å². The highest BCUT2D eigenvalue weighted by Gasteiger charge is 2.50. The van der Waals surface area contributed by atoms with Crippen molar-refractivity contribution in [2.45, 2.75) is 30.6 Å². The standard InChI is InChI=1S/C21H18O10S/c1-8(22)21(27)6-10-14(12(7-21)32(28,29)30)20(26)16-15(18(10)24)17(23)9-4-3-5-11(31-2)13(9)19(16)25/h3-5,12,24,26-27H,6-7H2,1-2H3,(H,28,29,30)/t12-,21+/m1/s1. The first-order valence-electron chi connectivity index (χ1n) is 9.40. The highest BCUT2D eigenvalue weighted by atomic mass is 32.2. The highest BCUT2D eigenvalue weighted by Crippen LogP contribution is 2.52. The Kier molecular flexibility index (Phi) is 4.70. The van der Waals surface area contributed by atoms with Crippen LogP contribution in [-0.2, 0) is 21.3 Å². The number of benzene rings is 2. The number of fused-ring (bicyclic) bond motifs is 3. The van der Waals surface area contributed by atoms with Gasteiger partial charge in [-0.15, -0.1) is 0 Å². The molecule has 32 heavy (non-hydrogen) atoms. The molecule has 2 atom stereocenters. The second-order valence-electron chi connectivity index (χ2n) is 7.85. The number of aromatic hydroxyl groups is 2. The van der Waals surface area contributed by atoms with Crippen LogP contribution in [0.3, 0.4) is 0 Å². The van der Waals surface area contributed by atoms with Gasteiger partial charge in [-0.3, -0.25) is 18.9 Å². The number of ketones is 3. The molecule has 11 heteroatoms. The van der Waals surface area contributed by atoms with E-state index < -0.39 is 84.9 Å². The van der Waals surface area contributed by atoms with Gasteiger partial charge in [0.05, 0.1) is 23.8 Å². The highest BCUT2D eigenvalue weighted by molar-refractivity contribution is 7.86. The smallest absolute Gasteiger partial charge is 0.272 e. The van der Waals surface area contributed by atoms with E-state index in [9.17, 15) is 42.7 Å². The first-order chi connectivity index (χ1) is 14.8. The van der Waals surface area contributed by atoms with Crippen LogP contribution in [0, 0.1) is 0 Å². The van der Waals surface area contributed by atoms with Crippen LogP contribution in [0.5, 0.6) is 17.2 Å². The summed E-state index contributed by atoms with van der Waals surface area (Å²) in [6, 6.07) is 4.19. The molecule has 0 saturated heterocycles. The van der Waals surface area contributed by atoms with Crippen molar-refractivity contribution in [3.05, 3.63) is 51.6 Å². The molecule has 0 radical (unpaired) electrons. The van der Waals surface area contributed by atoms with Crippen molar-refractivity contribution in [3.8, 4) is 17.2 Å². The van der Waals surface area contributed by atoms with Gasteiger partial charge in [0.15, 0.2) is 11.6 Å². The molecule has 0 spiro atoms. The minimum atomic E-state index is -5.02. The molecule has 0 heterocycles. The maximum absolute atomic E-state index is 13.3. The zero-order valence-corrected chi connectivity index (χ0v) is 17.7. The van der Waals surface area contributed by atoms with Crippen LogP contribution in [0.15, 0.2) is 18.2 Å². The number of aliphatic hydroxyl groups is 1. The second-order valence-corrected chi connectivity index (χ2v) is 9.45. The van der Waals surface area contributed by atoms with Crippen molar-refractivity contribution in [3.63, 3.8) is 0 Å². The maximum Gasteiger partial charge on any atom is 0.272 e. The third-order valence-electron chi connectivity index (χ3n) is 6.09. The summed E-state index contributed by atoms with van der Waals surface area (Å²) >= 11 is 0. The Bertz CT molecular complexity index is 1340. The van der Waals surface area contributed by atoms with Gasteiger partial charge in [-0.1, -0.05) is 12.1 Å². The van der Waals surface area contributed by atoms with E-state index in [1.807, 2.05) is 0 Å². The maximum atomic E-state index is 13.3. The number of carbonyl (C=O) groups is 3. The van der Waals surface area contributed by atoms with Gasteiger partial charge in [0.25, 0.3) is 10.1 Å². The zero-order chi connectivity index (χ0) is 23.7. The fourth-order valence-corrected chi connectivity index (χ4v) is 5.48. The van der Waals surface area contributed by atoms with Gasteiger partial charge >= 0.3 is 0 Å². The molecule has 0 fully saturated rings. The van der Waals surface area contributed by atoms with E-state index in [2.05, 4.69) is 0 Å². The minimum Gasteiger partial charge on any atom is -0.507 e. The number of methoxy groups -OCH3 is 1. The number of phenolic OH excluding ortho intramolecular Hbond substituents is 2. The molecule has 2 aliphatic carbocycles. The van der Waals surface area contributed by atoms with E-state index in [0.717, 1.165) is 6.92 Å². The Morgan fingerprint density at radius 2 is 1.72 bits per heavy atom. The van der Waals surface area contributed by atoms with Crippen LogP contribution >= 0.6 is 0 Å². The lowest BCUT2D eigenvalue weighted by atomic mass is 9.73. The number of phenols is 2. The van der Waals surface area contributed by atoms with Crippen molar-refractivity contribution in [2.75, 3.05) is 7.11 Å². The lowest BCUT2D eigenvalue weighted by molar-refractivity contribution is -0.136. The van der Waals surface area contributed by atoms with Crippen LogP contribution in [-0.4, -0.2) is 58.4 Å². The van der Waals surface area contributed by atoms with Gasteiger partial charge in [-0.05, 0) is 13.0 Å². The molecular weight excluding hydrogens is 444 g/mol. The Labute approximate surface area is 181 Å². The number of rotatable bonds is 3. The summed E-state index contributed by atoms with van der Waals surface area (Å²) in [5.74, 6) is -4.34. The third kappa shape index (κ3) is 2.85. The number of ether oxygens (including phenoxy) is 1. The van der Waals surface area contributed by atoms with Crippen LogP contribution in [0.25, 0.3) is 0 Å². The fourth-order valence-electron chi connectivity index (χ4n) is 4.44. The molecule has 4 N–H and O–H groups in total. The summed E-state index contributed by atoms with van der Waals surface area (Å²) < 4.78 is 39.1. The van der Waals surface area contributed by atoms with Gasteiger partial charge in [0.1, 0.15) is 28.1 Å². The largest absolute Gasteiger partial charge is 0.507 e. The first kappa shape index (κ1) is 21.9. The summed E-state index contributed by atoms with van der Waals surface area (Å²) in [6.45, 7) is 0.999. The first-order valence-corrected chi connectivity index (χ1v) is 10.9. The Morgan fingerprint density at radius 3 is 2.28 bits per heavy atom. The normalized spacial score (nSPS) is 22.1. The number of Topliss-reactive ketones (excluding diaryl/α,β-unsaturated/α-hetero) is 1. The van der Waals surface area contributed by atoms with Crippen molar-refractivity contribution in [1.82, 2.24) is 0 Å². The molecule has 0 aliphatic heterocycles. The van der Waals surface area contributed by atoms with E-state index in [0.29, 0.717) is 0 Å². The summed E-state index contributed by atoms with van der Waals surface area (Å²) in [5, 5.41) is 30.6. The molecule has 0 unspecified atom stereocenters. The Hall–Kier alpha value is -3.28. The second kappa shape index (κ2) is 6.86. The van der Waals surface area contributed by atoms with Crippen LogP contribution in [0.4, 0.5) is 0 Å². The molecule has 2 aliphatic rings. The molecule has 0 amide bonds. The molecular formula is C21H18O10S. The minimum absolute atomic E-state index is 0.0281. The predicted molar refractivity (Wildman–Crippen MR) is 108 cm³/mol.